The Morgan fingerprint density at radius 2 is 1.40 bits per heavy atom. The molecule has 5 aromatic rings. The fourth-order valence-corrected chi connectivity index (χ4v) is 5.45. The number of H-pyrrole nitrogens is 1. The number of anilines is 1. The average Bonchev–Trinajstić information content (AvgIpc) is 3.55. The third kappa shape index (κ3) is 5.15. The maximum atomic E-state index is 13.1. The smallest absolute Gasteiger partial charge is 0.263 e. The number of pyridine rings is 1. The minimum absolute atomic E-state index is 0.299. The van der Waals surface area contributed by atoms with E-state index in [9.17, 15) is 14.9 Å². The monoisotopic (exact) mass is 571 g/mol. The van der Waals surface area contributed by atoms with E-state index in [1.807, 2.05) is 61.5 Å². The lowest BCUT2D eigenvalue weighted by molar-refractivity contribution is 0.0615. The number of hydrogen-bond donors (Lipinski definition) is 1. The molecule has 1 aliphatic heterocycles. The number of aromatic nitrogens is 2. The highest BCUT2D eigenvalue weighted by atomic mass is 16.5. The minimum Gasteiger partial charge on any atom is -0.497 e. The Balaban J connectivity index is 1.36. The zero-order valence-electron chi connectivity index (χ0n) is 24.0. The number of imide groups is 1. The van der Waals surface area contributed by atoms with Gasteiger partial charge in [0.2, 0.25) is 0 Å². The first-order valence-corrected chi connectivity index (χ1v) is 13.8. The van der Waals surface area contributed by atoms with Crippen LogP contribution in [0.2, 0.25) is 0 Å². The SMILES string of the molecule is COc1ccc(CN(Cc2ccc(OC)cc2)c2nc3cc(C(C#N)N4C(=O)c5ccccc5C4=O)[nH]c3cc2C)cc1. The number of amides is 2. The molecule has 9 heteroatoms. The number of nitrogens with zero attached hydrogens (tertiary/aromatic N) is 4. The number of nitrogens with one attached hydrogen (secondary N) is 1. The minimum atomic E-state index is -1.12. The Kier molecular flexibility index (Phi) is 7.26. The van der Waals surface area contributed by atoms with E-state index in [2.05, 4.69) is 16.0 Å². The van der Waals surface area contributed by atoms with Gasteiger partial charge in [0.25, 0.3) is 11.8 Å². The van der Waals surface area contributed by atoms with E-state index in [0.717, 1.165) is 38.9 Å². The van der Waals surface area contributed by atoms with Crippen LogP contribution < -0.4 is 14.4 Å². The molecule has 1 aliphatic rings. The standard InChI is InChI=1S/C34H29N5O4/c1-21-16-28-29(17-30(36-28)31(18-35)39-33(40)26-6-4-5-7-27(26)34(39)41)37-32(21)38(19-22-8-12-24(42-2)13-9-22)20-23-10-14-25(43-3)15-11-23/h4-17,31,36H,19-20H2,1-3H3. The fourth-order valence-electron chi connectivity index (χ4n) is 5.45. The molecule has 2 amide bonds. The predicted molar refractivity (Wildman–Crippen MR) is 162 cm³/mol. The number of aromatic amines is 1. The highest BCUT2D eigenvalue weighted by molar-refractivity contribution is 6.21. The summed E-state index contributed by atoms with van der Waals surface area (Å²) in [6.45, 7) is 3.16. The molecule has 43 heavy (non-hydrogen) atoms. The van der Waals surface area contributed by atoms with Crippen molar-refractivity contribution in [2.45, 2.75) is 26.1 Å². The summed E-state index contributed by atoms with van der Waals surface area (Å²) in [4.78, 5) is 37.7. The van der Waals surface area contributed by atoms with Gasteiger partial charge in [0.1, 0.15) is 17.3 Å². The molecule has 0 spiro atoms. The lowest BCUT2D eigenvalue weighted by Crippen LogP contribution is -2.33. The molecule has 3 heterocycles. The van der Waals surface area contributed by atoms with Gasteiger partial charge in [-0.3, -0.25) is 14.5 Å². The van der Waals surface area contributed by atoms with Gasteiger partial charge in [-0.15, -0.1) is 0 Å². The molecule has 0 aliphatic carbocycles. The molecule has 9 nitrogen and oxygen atoms in total. The first-order chi connectivity index (χ1) is 20.9. The molecule has 0 radical (unpaired) electrons. The van der Waals surface area contributed by atoms with Gasteiger partial charge in [-0.2, -0.15) is 5.26 Å². The van der Waals surface area contributed by atoms with Crippen LogP contribution in [0.5, 0.6) is 11.5 Å². The summed E-state index contributed by atoms with van der Waals surface area (Å²) in [5.41, 5.74) is 5.45. The van der Waals surface area contributed by atoms with Crippen molar-refractivity contribution in [1.29, 1.82) is 5.26 Å². The van der Waals surface area contributed by atoms with Gasteiger partial charge >= 0.3 is 0 Å². The molecule has 2 aromatic heterocycles. The van der Waals surface area contributed by atoms with Crippen molar-refractivity contribution in [1.82, 2.24) is 14.9 Å². The van der Waals surface area contributed by atoms with Crippen LogP contribution >= 0.6 is 0 Å². The van der Waals surface area contributed by atoms with Crippen molar-refractivity contribution < 1.29 is 19.1 Å². The molecule has 6 rings (SSSR count). The molecule has 0 fully saturated rings. The number of nitriles is 1. The third-order valence-corrected chi connectivity index (χ3v) is 7.65. The first-order valence-electron chi connectivity index (χ1n) is 13.8. The van der Waals surface area contributed by atoms with Crippen LogP contribution in [0.4, 0.5) is 5.82 Å². The van der Waals surface area contributed by atoms with Crippen molar-refractivity contribution in [2.24, 2.45) is 0 Å². The summed E-state index contributed by atoms with van der Waals surface area (Å²) < 4.78 is 10.7. The van der Waals surface area contributed by atoms with Gasteiger partial charge < -0.3 is 19.4 Å². The van der Waals surface area contributed by atoms with E-state index >= 15 is 0 Å². The average molecular weight is 572 g/mol. The van der Waals surface area contributed by atoms with Gasteiger partial charge in [0.05, 0.1) is 48.1 Å². The van der Waals surface area contributed by atoms with Crippen LogP contribution in [0, 0.1) is 18.3 Å². The topological polar surface area (TPSA) is 112 Å². The molecule has 3 aromatic carbocycles. The second kappa shape index (κ2) is 11.3. The largest absolute Gasteiger partial charge is 0.497 e. The van der Waals surface area contributed by atoms with Crippen molar-refractivity contribution in [3.8, 4) is 17.6 Å². The van der Waals surface area contributed by atoms with E-state index < -0.39 is 17.9 Å². The third-order valence-electron chi connectivity index (χ3n) is 7.65. The van der Waals surface area contributed by atoms with Gasteiger partial charge in [-0.05, 0) is 72.1 Å². The van der Waals surface area contributed by atoms with Crippen molar-refractivity contribution in [2.75, 3.05) is 19.1 Å². The summed E-state index contributed by atoms with van der Waals surface area (Å²) in [7, 11) is 3.29. The number of rotatable bonds is 9. The lowest BCUT2D eigenvalue weighted by Gasteiger charge is -2.26. The number of methoxy groups -OCH3 is 2. The number of hydrogen-bond acceptors (Lipinski definition) is 7. The van der Waals surface area contributed by atoms with Crippen LogP contribution in [0.25, 0.3) is 11.0 Å². The molecule has 214 valence electrons. The normalized spacial score (nSPS) is 13.1. The van der Waals surface area contributed by atoms with Crippen LogP contribution in [-0.4, -0.2) is 40.9 Å². The molecule has 1 atom stereocenters. The highest BCUT2D eigenvalue weighted by Gasteiger charge is 2.41. The zero-order valence-corrected chi connectivity index (χ0v) is 24.0. The highest BCUT2D eigenvalue weighted by Crippen LogP contribution is 2.33. The Hall–Kier alpha value is -5.62. The van der Waals surface area contributed by atoms with Gasteiger partial charge in [-0.25, -0.2) is 4.98 Å². The number of ether oxygens (including phenoxy) is 2. The zero-order chi connectivity index (χ0) is 30.1. The first kappa shape index (κ1) is 27.5. The summed E-state index contributed by atoms with van der Waals surface area (Å²) >= 11 is 0. The van der Waals surface area contributed by atoms with Gasteiger partial charge in [0, 0.05) is 13.1 Å². The Bertz CT molecular complexity index is 1790. The molecule has 0 saturated carbocycles. The second-order valence-corrected chi connectivity index (χ2v) is 10.4. The van der Waals surface area contributed by atoms with Crippen molar-refractivity contribution >= 4 is 28.7 Å². The predicted octanol–water partition coefficient (Wildman–Crippen LogP) is 5.96. The van der Waals surface area contributed by atoms with E-state index in [4.69, 9.17) is 14.5 Å². The van der Waals surface area contributed by atoms with Gasteiger partial charge in [-0.1, -0.05) is 36.4 Å². The summed E-state index contributed by atoms with van der Waals surface area (Å²) in [5.74, 6) is 1.37. The van der Waals surface area contributed by atoms with Crippen molar-refractivity contribution in [3.05, 3.63) is 118 Å². The van der Waals surface area contributed by atoms with E-state index in [0.29, 0.717) is 40.9 Å². The maximum Gasteiger partial charge on any atom is 0.263 e. The van der Waals surface area contributed by atoms with E-state index in [-0.39, 0.29) is 0 Å². The van der Waals surface area contributed by atoms with E-state index in [1.165, 1.54) is 0 Å². The lowest BCUT2D eigenvalue weighted by atomic mass is 10.1. The molecule has 0 saturated heterocycles. The molecular formula is C34H29N5O4. The summed E-state index contributed by atoms with van der Waals surface area (Å²) in [6.07, 6.45) is 0. The quantitative estimate of drug-likeness (QED) is 0.217. The number of carbonyl (C=O) groups excluding carboxylic acids is 2. The maximum absolute atomic E-state index is 13.1. The van der Waals surface area contributed by atoms with Crippen LogP contribution in [0.1, 0.15) is 49.1 Å². The van der Waals surface area contributed by atoms with E-state index in [1.54, 1.807) is 44.6 Å². The fraction of sp³-hybridized carbons (Fsp3) is 0.176. The molecule has 1 unspecified atom stereocenters. The number of carbonyl (C=O) groups is 2. The summed E-state index contributed by atoms with van der Waals surface area (Å²) in [6, 6.07) is 27.2. The molecule has 0 bridgehead atoms. The molecule has 1 N–H and O–H groups in total. The Morgan fingerprint density at radius 3 is 1.88 bits per heavy atom. The number of fused-ring (bicyclic) bond motifs is 2. The number of benzene rings is 3. The number of aryl methyl sites for hydroxylation is 1. The Labute approximate surface area is 248 Å². The van der Waals surface area contributed by atoms with Crippen LogP contribution in [0.15, 0.2) is 84.9 Å². The van der Waals surface area contributed by atoms with Crippen LogP contribution in [-0.2, 0) is 13.1 Å². The van der Waals surface area contributed by atoms with Gasteiger partial charge in [0.15, 0.2) is 6.04 Å². The van der Waals surface area contributed by atoms with Crippen LogP contribution in [0.3, 0.4) is 0 Å². The summed E-state index contributed by atoms with van der Waals surface area (Å²) in [5, 5.41) is 10.1. The molecular weight excluding hydrogens is 542 g/mol. The van der Waals surface area contributed by atoms with Crippen molar-refractivity contribution in [3.63, 3.8) is 0 Å². The Morgan fingerprint density at radius 1 is 0.860 bits per heavy atom. The second-order valence-electron chi connectivity index (χ2n) is 10.4.